The average Bonchev–Trinajstić information content (AvgIpc) is 1.75. The highest BCUT2D eigenvalue weighted by atomic mass is 127. The molecule has 0 aromatic carbocycles. The van der Waals surface area contributed by atoms with Gasteiger partial charge in [-0.25, -0.2) is 5.26 Å². The quantitative estimate of drug-likeness (QED) is 0.455. The number of nitriles is 1. The Morgan fingerprint density at radius 3 is 2.00 bits per heavy atom. The highest BCUT2D eigenvalue weighted by molar-refractivity contribution is 14.0. The van der Waals surface area contributed by atoms with Crippen molar-refractivity contribution in [3.63, 3.8) is 0 Å². The van der Waals surface area contributed by atoms with Gasteiger partial charge in [0.05, 0.1) is 22.0 Å². The zero-order valence-electron chi connectivity index (χ0n) is 5.55. The van der Waals surface area contributed by atoms with Crippen LogP contribution in [0.2, 0.25) is 6.32 Å². The van der Waals surface area contributed by atoms with E-state index < -0.39 is 0 Å². The van der Waals surface area contributed by atoms with Gasteiger partial charge in [0.25, 0.3) is 0 Å². The van der Waals surface area contributed by atoms with E-state index >= 15 is 0 Å². The Morgan fingerprint density at radius 1 is 1.62 bits per heavy atom. The largest absolute Gasteiger partial charge is 0.202 e. The van der Waals surface area contributed by atoms with Crippen molar-refractivity contribution in [1.29, 1.82) is 5.26 Å². The first-order valence-electron chi connectivity index (χ1n) is 2.67. The Bertz CT molecular complexity index is 38.8. The predicted octanol–water partition coefficient (Wildman–Crippen LogP) is -0.482. The molecule has 0 rings (SSSR count). The first kappa shape index (κ1) is 15.8. The van der Waals surface area contributed by atoms with E-state index in [-0.39, 0.29) is 24.0 Å². The zero-order chi connectivity index (χ0) is 6.12. The monoisotopic (exact) mass is 221 g/mol. The SMILES string of the molecule is BBBCC.C#N.I. The molecule has 8 heavy (non-hydrogen) atoms. The number of hydrogen-bond acceptors (Lipinski definition) is 1. The van der Waals surface area contributed by atoms with E-state index in [2.05, 4.69) is 21.2 Å². The Labute approximate surface area is 71.1 Å². The van der Waals surface area contributed by atoms with Crippen LogP contribution in [-0.4, -0.2) is 22.0 Å². The molecule has 0 amide bonds. The number of hydrogen-bond donors (Lipinski definition) is 0. The molecule has 0 radical (unpaired) electrons. The van der Waals surface area contributed by atoms with E-state index in [1.807, 2.05) is 0 Å². The number of halogens is 1. The van der Waals surface area contributed by atoms with E-state index in [0.717, 1.165) is 0 Å². The molecule has 0 saturated heterocycles. The van der Waals surface area contributed by atoms with Crippen LogP contribution in [0.1, 0.15) is 6.92 Å². The van der Waals surface area contributed by atoms with Crippen molar-refractivity contribution in [3.8, 4) is 6.57 Å². The van der Waals surface area contributed by atoms with Gasteiger partial charge in [0.15, 0.2) is 0 Å². The number of rotatable bonds is 2. The first-order valence-corrected chi connectivity index (χ1v) is 2.67. The van der Waals surface area contributed by atoms with Crippen molar-refractivity contribution in [3.05, 3.63) is 0 Å². The lowest BCUT2D eigenvalue weighted by Gasteiger charge is -1.72. The molecule has 0 saturated carbocycles. The lowest BCUT2D eigenvalue weighted by molar-refractivity contribution is 1.47. The van der Waals surface area contributed by atoms with E-state index in [1.165, 1.54) is 20.6 Å². The molecule has 0 aliphatic carbocycles. The maximum atomic E-state index is 6.50. The van der Waals surface area contributed by atoms with Crippen LogP contribution in [0.3, 0.4) is 0 Å². The Hall–Kier alpha value is 0.415. The molecule has 0 aliphatic rings. The summed E-state index contributed by atoms with van der Waals surface area (Å²) in [6, 6.07) is 0. The molecule has 0 atom stereocenters. The second-order valence-corrected chi connectivity index (χ2v) is 1.35. The summed E-state index contributed by atoms with van der Waals surface area (Å²) in [7, 11) is 4.94. The van der Waals surface area contributed by atoms with Crippen molar-refractivity contribution in [2.24, 2.45) is 0 Å². The minimum absolute atomic E-state index is 0. The van der Waals surface area contributed by atoms with Crippen LogP contribution in [0.4, 0.5) is 0 Å². The van der Waals surface area contributed by atoms with Crippen molar-refractivity contribution in [2.45, 2.75) is 13.2 Å². The second-order valence-electron chi connectivity index (χ2n) is 1.35. The van der Waals surface area contributed by atoms with E-state index in [0.29, 0.717) is 0 Å². The highest BCUT2D eigenvalue weighted by Crippen LogP contribution is 1.63. The normalized spacial score (nSPS) is 4.38. The van der Waals surface area contributed by atoms with Gasteiger partial charge in [0.1, 0.15) is 0 Å². The minimum Gasteiger partial charge on any atom is -0.202 e. The Morgan fingerprint density at radius 2 is 2.00 bits per heavy atom. The van der Waals surface area contributed by atoms with Crippen LogP contribution in [0.5, 0.6) is 0 Å². The Balaban J connectivity index is -0.0000000750. The van der Waals surface area contributed by atoms with Crippen molar-refractivity contribution < 1.29 is 0 Å². The molecule has 0 aromatic rings. The van der Waals surface area contributed by atoms with Gasteiger partial charge in [-0.15, -0.1) is 24.0 Å². The molecule has 0 spiro atoms. The predicted molar refractivity (Wildman–Crippen MR) is 55.4 cm³/mol. The van der Waals surface area contributed by atoms with Crippen molar-refractivity contribution in [1.82, 2.24) is 0 Å². The standard InChI is InChI=1S/C2H9B3.CHN.HI/c1-2-4-5-3;1-2;/h4-5H,2-3H2,1H3;1H;1H. The smallest absolute Gasteiger partial charge is 0.0776 e. The maximum absolute atomic E-state index is 6.50. The van der Waals surface area contributed by atoms with Crippen LogP contribution in [0.15, 0.2) is 0 Å². The molecule has 0 N–H and O–H groups in total. The van der Waals surface area contributed by atoms with Gasteiger partial charge >= 0.3 is 0 Å². The summed E-state index contributed by atoms with van der Waals surface area (Å²) in [6.45, 7) is 5.71. The highest BCUT2D eigenvalue weighted by Gasteiger charge is 1.75. The fourth-order valence-electron chi connectivity index (χ4n) is 0.354. The summed E-state index contributed by atoms with van der Waals surface area (Å²) in [5.74, 6) is 0. The number of nitrogens with zero attached hydrogens (tertiary/aromatic N) is 1. The van der Waals surface area contributed by atoms with Crippen LogP contribution >= 0.6 is 24.0 Å². The van der Waals surface area contributed by atoms with Crippen LogP contribution < -0.4 is 0 Å². The molecule has 0 unspecified atom stereocenters. The maximum Gasteiger partial charge on any atom is 0.0776 e. The minimum atomic E-state index is 0. The summed E-state index contributed by atoms with van der Waals surface area (Å²) in [6.07, 6.45) is 1.34. The van der Waals surface area contributed by atoms with Gasteiger partial charge in [-0.3, -0.25) is 0 Å². The zero-order valence-corrected chi connectivity index (χ0v) is 7.88. The van der Waals surface area contributed by atoms with Gasteiger partial charge in [-0.1, -0.05) is 13.2 Å². The van der Waals surface area contributed by atoms with Gasteiger partial charge in [-0.2, -0.15) is 0 Å². The summed E-state index contributed by atoms with van der Waals surface area (Å²) in [5, 5.41) is 6.50. The second kappa shape index (κ2) is 26.2. The summed E-state index contributed by atoms with van der Waals surface area (Å²) < 4.78 is 0. The third-order valence-corrected chi connectivity index (χ3v) is 0.707. The fraction of sp³-hybridized carbons (Fsp3) is 0.667. The topological polar surface area (TPSA) is 23.8 Å². The van der Waals surface area contributed by atoms with Gasteiger partial charge < -0.3 is 0 Å². The van der Waals surface area contributed by atoms with Gasteiger partial charge in [0, 0.05) is 6.57 Å². The Kier molecular flexibility index (Phi) is 51.6. The fourth-order valence-corrected chi connectivity index (χ4v) is 0.354. The molecule has 0 aliphatic heterocycles. The van der Waals surface area contributed by atoms with Crippen LogP contribution in [0.25, 0.3) is 0 Å². The van der Waals surface area contributed by atoms with Crippen molar-refractivity contribution >= 4 is 45.9 Å². The molecule has 0 bridgehead atoms. The lowest BCUT2D eigenvalue weighted by Crippen LogP contribution is -1.98. The van der Waals surface area contributed by atoms with Crippen LogP contribution in [0, 0.1) is 11.8 Å². The molecule has 0 heterocycles. The van der Waals surface area contributed by atoms with E-state index in [1.54, 1.807) is 0 Å². The van der Waals surface area contributed by atoms with Crippen LogP contribution in [-0.2, 0) is 0 Å². The molecular formula is C3H11B3IN. The summed E-state index contributed by atoms with van der Waals surface area (Å²) in [5.41, 5.74) is 0. The first-order chi connectivity index (χ1) is 3.41. The summed E-state index contributed by atoms with van der Waals surface area (Å²) >= 11 is 0. The van der Waals surface area contributed by atoms with Gasteiger partial charge in [-0.05, 0) is 0 Å². The third kappa shape index (κ3) is 32.3. The third-order valence-electron chi connectivity index (χ3n) is 0.707. The lowest BCUT2D eigenvalue weighted by atomic mass is 9.27. The van der Waals surface area contributed by atoms with Crippen molar-refractivity contribution in [2.75, 3.05) is 0 Å². The molecule has 44 valence electrons. The molecule has 0 aromatic heterocycles. The molecule has 5 heteroatoms. The molecule has 0 fully saturated rings. The average molecular weight is 220 g/mol. The van der Waals surface area contributed by atoms with E-state index in [9.17, 15) is 0 Å². The summed E-state index contributed by atoms with van der Waals surface area (Å²) in [4.78, 5) is 0. The molecular weight excluding hydrogens is 209 g/mol. The van der Waals surface area contributed by atoms with E-state index in [4.69, 9.17) is 5.26 Å². The van der Waals surface area contributed by atoms with Gasteiger partial charge in [0.2, 0.25) is 0 Å². The molecule has 1 nitrogen and oxygen atoms in total.